The van der Waals surface area contributed by atoms with E-state index in [1.807, 2.05) is 364 Å². The zero-order chi connectivity index (χ0) is 34.9. The van der Waals surface area contributed by atoms with E-state index in [1.54, 1.807) is 49.1 Å². The van der Waals surface area contributed by atoms with Crippen LogP contribution < -0.4 is 0 Å². The van der Waals surface area contributed by atoms with Crippen molar-refractivity contribution in [3.05, 3.63) is 0 Å². The average molecular weight is 1490 g/mol. The molecule has 0 heterocycles. The summed E-state index contributed by atoms with van der Waals surface area (Å²) in [4.78, 5) is 0. The van der Waals surface area contributed by atoms with Gasteiger partial charge >= 0.3 is 0 Å². The summed E-state index contributed by atoms with van der Waals surface area (Å²) in [6.07, 6.45) is 7.00. The maximum atomic E-state index is 4.09. The van der Waals surface area contributed by atoms with Crippen molar-refractivity contribution >= 4 is 443 Å². The molecule has 0 spiro atoms. The first-order valence-electron chi connectivity index (χ1n) is 8.57. The van der Waals surface area contributed by atoms with E-state index in [-0.39, 0.29) is 0 Å². The van der Waals surface area contributed by atoms with Crippen molar-refractivity contribution in [2.45, 2.75) is 0 Å². The summed E-state index contributed by atoms with van der Waals surface area (Å²) in [6.45, 7) is 0. The first-order chi connectivity index (χ1) is 23.6. The average Bonchev–Trinajstić information content (AvgIpc) is 3.06. The van der Waals surface area contributed by atoms with E-state index in [4.69, 9.17) is 0 Å². The fourth-order valence-corrected chi connectivity index (χ4v) is 120. The lowest BCUT2D eigenvalue weighted by molar-refractivity contribution is 2.18. The Morgan fingerprint density at radius 2 is 0.333 bits per heavy atom. The molecule has 0 saturated heterocycles. The standard InChI is InChI=1S/C3H10S45/c1-48(2,3)47-46-45-44-43-42-41-40-39-38-37-36-35-34-33-32-31-30-29-28-27-26-25-24-23-22-21-20-19-18-17-16-15-14-13-12-11-10-9-8-7-6-5-4/h4H,1-3H3. The fraction of sp³-hybridized carbons (Fsp3) is 1.00. The molecule has 0 N–H and O–H groups in total. The van der Waals surface area contributed by atoms with E-state index >= 15 is 0 Å². The van der Waals surface area contributed by atoms with Crippen molar-refractivity contribution in [2.75, 3.05) is 18.8 Å². The van der Waals surface area contributed by atoms with Crippen molar-refractivity contribution in [1.29, 1.82) is 0 Å². The Kier molecular flexibility index (Phi) is 75.8. The van der Waals surface area contributed by atoms with Crippen molar-refractivity contribution in [3.63, 3.8) is 0 Å². The molecule has 0 radical (unpaired) electrons. The third kappa shape index (κ3) is 61.7. The number of rotatable bonds is 43. The van der Waals surface area contributed by atoms with Gasteiger partial charge in [-0.3, -0.25) is 0 Å². The molecule has 0 aromatic rings. The van der Waals surface area contributed by atoms with Gasteiger partial charge in [-0.2, -0.15) is 9.06 Å². The van der Waals surface area contributed by atoms with E-state index < -0.39 is 9.06 Å². The van der Waals surface area contributed by atoms with Gasteiger partial charge in [0.1, 0.15) is 0 Å². The van der Waals surface area contributed by atoms with Crippen LogP contribution in [0.5, 0.6) is 0 Å². The SMILES string of the molecule is CS(C)(C)SSSSSSSSSSSSSSSSSSSSSSSSSSSSSSSSSSSSSSSSSSSS. The molecule has 0 atom stereocenters. The Labute approximate surface area is 450 Å². The van der Waals surface area contributed by atoms with E-state index in [9.17, 15) is 0 Å². The summed E-state index contributed by atoms with van der Waals surface area (Å²) in [5.74, 6) is 0. The molecule has 0 aromatic carbocycles. The van der Waals surface area contributed by atoms with E-state index in [0.717, 1.165) is 0 Å². The number of hydrogen-bond donors (Lipinski definition) is 1. The van der Waals surface area contributed by atoms with Gasteiger partial charge in [0.2, 0.25) is 0 Å². The minimum absolute atomic E-state index is 0.468. The van der Waals surface area contributed by atoms with E-state index in [1.165, 1.54) is 9.83 Å². The summed E-state index contributed by atoms with van der Waals surface area (Å²) >= 11 is 4.09. The highest BCUT2D eigenvalue weighted by atomic mass is 34.1. The quantitative estimate of drug-likeness (QED) is 0.0350. The monoisotopic (exact) mass is 1480 g/mol. The van der Waals surface area contributed by atoms with Crippen LogP contribution in [0.3, 0.4) is 0 Å². The van der Waals surface area contributed by atoms with Crippen LogP contribution in [0.2, 0.25) is 0 Å². The van der Waals surface area contributed by atoms with E-state index in [0.29, 0.717) is 0 Å². The molecule has 0 amide bonds. The van der Waals surface area contributed by atoms with Crippen LogP contribution in [-0.2, 0) is 0 Å². The molecule has 0 bridgehead atoms. The molecule has 0 nitrogen and oxygen atoms in total. The second-order valence-electron chi connectivity index (χ2n) is 4.66. The van der Waals surface area contributed by atoms with Crippen molar-refractivity contribution < 1.29 is 0 Å². The maximum absolute atomic E-state index is 4.09. The van der Waals surface area contributed by atoms with Crippen LogP contribution >= 0.6 is 443 Å². The van der Waals surface area contributed by atoms with Crippen molar-refractivity contribution in [3.8, 4) is 0 Å². The summed E-state index contributed by atoms with van der Waals surface area (Å²) in [5, 5.41) is 0. The first-order valence-corrected chi connectivity index (χ1v) is 69.8. The molecular formula is C3H10S45. The molecule has 292 valence electrons. The van der Waals surface area contributed by atoms with Crippen LogP contribution in [0.15, 0.2) is 0 Å². The predicted molar refractivity (Wildman–Crippen MR) is 361 cm³/mol. The van der Waals surface area contributed by atoms with Crippen LogP contribution in [0.25, 0.3) is 0 Å². The Balaban J connectivity index is 3.05. The Bertz CT molecular complexity index is 557. The Hall–Kier alpha value is 15.7. The largest absolute Gasteiger partial charge is 0.191 e. The molecular weight excluding hydrogens is 1480 g/mol. The first kappa shape index (κ1) is 63.7. The lowest BCUT2D eigenvalue weighted by Crippen LogP contribution is -1.78. The second kappa shape index (κ2) is 57.1. The summed E-state index contributed by atoms with van der Waals surface area (Å²) in [7, 11) is 77.9. The van der Waals surface area contributed by atoms with Gasteiger partial charge in [0, 0.05) is 265 Å². The van der Waals surface area contributed by atoms with E-state index in [2.05, 4.69) is 30.4 Å². The zero-order valence-electron chi connectivity index (χ0n) is 21.4. The normalized spacial score (nSPS) is 12.3. The van der Waals surface area contributed by atoms with Gasteiger partial charge in [0.25, 0.3) is 0 Å². The lowest BCUT2D eigenvalue weighted by atomic mass is 11.9. The van der Waals surface area contributed by atoms with Gasteiger partial charge in [-0.15, -0.1) is 0 Å². The summed E-state index contributed by atoms with van der Waals surface area (Å²) < 4.78 is 0. The van der Waals surface area contributed by atoms with Crippen LogP contribution in [0.1, 0.15) is 0 Å². The van der Waals surface area contributed by atoms with Crippen molar-refractivity contribution in [1.82, 2.24) is 0 Å². The van der Waals surface area contributed by atoms with Gasteiger partial charge < -0.3 is 0 Å². The van der Waals surface area contributed by atoms with Gasteiger partial charge in [-0.25, -0.2) is 0 Å². The molecule has 0 unspecified atom stereocenters. The molecule has 48 heavy (non-hydrogen) atoms. The molecule has 0 aliphatic heterocycles. The van der Waals surface area contributed by atoms with Crippen molar-refractivity contribution in [2.24, 2.45) is 0 Å². The van der Waals surface area contributed by atoms with Gasteiger partial charge in [-0.05, 0) is 176 Å². The molecule has 0 aliphatic rings. The second-order valence-corrected chi connectivity index (χ2v) is 87.3. The topological polar surface area (TPSA) is 0 Å². The third-order valence-corrected chi connectivity index (χ3v) is 100. The fourth-order valence-electron chi connectivity index (χ4n) is 0.549. The van der Waals surface area contributed by atoms with Crippen LogP contribution in [0.4, 0.5) is 0 Å². The molecule has 45 heteroatoms. The predicted octanol–water partition coefficient (Wildman–Crippen LogP) is 29.4. The van der Waals surface area contributed by atoms with Crippen LogP contribution in [0, 0.1) is 0 Å². The molecule has 0 rings (SSSR count). The number of thiol groups is 1. The summed E-state index contributed by atoms with van der Waals surface area (Å²) in [5.41, 5.74) is 0. The maximum Gasteiger partial charge on any atom is 0 e. The highest BCUT2D eigenvalue weighted by molar-refractivity contribution is 9.62. The Morgan fingerprint density at radius 3 is 0.458 bits per heavy atom. The highest BCUT2D eigenvalue weighted by Gasteiger charge is 2.06. The van der Waals surface area contributed by atoms with Gasteiger partial charge in [0.05, 0.1) is 0 Å². The molecule has 0 aliphatic carbocycles. The van der Waals surface area contributed by atoms with Gasteiger partial charge in [-0.1, -0.05) is 11.7 Å². The smallest absolute Gasteiger partial charge is 0 e. The Morgan fingerprint density at radius 1 is 0.208 bits per heavy atom. The minimum Gasteiger partial charge on any atom is -0.191 e. The van der Waals surface area contributed by atoms with Gasteiger partial charge in [0.15, 0.2) is 0 Å². The third-order valence-electron chi connectivity index (χ3n) is 1.37. The minimum atomic E-state index is -0.468. The van der Waals surface area contributed by atoms with Crippen LogP contribution in [-0.4, -0.2) is 18.8 Å². The molecule has 0 aromatic heterocycles. The zero-order valence-corrected chi connectivity index (χ0v) is 58.2. The lowest BCUT2D eigenvalue weighted by Gasteiger charge is -2.21. The molecule has 0 fully saturated rings. The summed E-state index contributed by atoms with van der Waals surface area (Å²) in [6, 6.07) is 0. The highest BCUT2D eigenvalue weighted by Crippen LogP contribution is 2.69. The number of hydrogen-bond acceptors (Lipinski definition) is 44. The molecule has 0 saturated carbocycles.